The van der Waals surface area contributed by atoms with E-state index in [0.717, 1.165) is 0 Å². The number of carbonyl (C=O) groups excluding carboxylic acids is 4. The van der Waals surface area contributed by atoms with Crippen LogP contribution in [0, 0.1) is 0 Å². The van der Waals surface area contributed by atoms with Crippen molar-refractivity contribution in [3.8, 4) is 11.5 Å². The molecule has 0 aliphatic carbocycles. The van der Waals surface area contributed by atoms with Gasteiger partial charge in [-0.3, -0.25) is 24.1 Å². The van der Waals surface area contributed by atoms with Crippen LogP contribution in [0.2, 0.25) is 10.0 Å². The molecule has 6 N–H and O–H groups in total. The van der Waals surface area contributed by atoms with Gasteiger partial charge < -0.3 is 48.4 Å². The van der Waals surface area contributed by atoms with Gasteiger partial charge in [-0.15, -0.1) is 0 Å². The number of carbonyl (C=O) groups is 4. The van der Waals surface area contributed by atoms with Gasteiger partial charge in [0, 0.05) is 39.1 Å². The van der Waals surface area contributed by atoms with E-state index in [2.05, 4.69) is 21.3 Å². The molecule has 0 aromatic heterocycles. The molecule has 1 aliphatic heterocycles. The van der Waals surface area contributed by atoms with Crippen molar-refractivity contribution in [2.45, 2.75) is 13.8 Å². The summed E-state index contributed by atoms with van der Waals surface area (Å²) in [5.41, 5.74) is 0.729. The minimum absolute atomic E-state index is 0. The number of aromatic hydroxyl groups is 2. The Morgan fingerprint density at radius 3 is 1.62 bits per heavy atom. The van der Waals surface area contributed by atoms with E-state index in [4.69, 9.17) is 23.2 Å². The molecule has 1 heterocycles. The first-order valence-electron chi connectivity index (χ1n) is 12.0. The zero-order valence-electron chi connectivity index (χ0n) is 22.1. The van der Waals surface area contributed by atoms with Crippen molar-refractivity contribution in [3.05, 3.63) is 34.3 Å². The number of halogens is 3. The molecule has 0 bridgehead atoms. The zero-order chi connectivity index (χ0) is 28.9. The molecular formula is C25H31Cl3N6O6. The van der Waals surface area contributed by atoms with E-state index in [9.17, 15) is 29.4 Å². The quantitative estimate of drug-likeness (QED) is 0.175. The fraction of sp³-hybridized carbons (Fsp3) is 0.360. The van der Waals surface area contributed by atoms with Crippen LogP contribution in [0.4, 0.5) is 22.7 Å². The van der Waals surface area contributed by atoms with Gasteiger partial charge in [0.1, 0.15) is 11.5 Å². The molecule has 40 heavy (non-hydrogen) atoms. The number of hydrogen-bond acceptors (Lipinski definition) is 7. The Hall–Kier alpha value is -3.29. The number of amides is 4. The van der Waals surface area contributed by atoms with Crippen LogP contribution in [0.15, 0.2) is 24.3 Å². The average molecular weight is 618 g/mol. The second-order valence-corrected chi connectivity index (χ2v) is 10.5. The topological polar surface area (TPSA) is 160 Å². The van der Waals surface area contributed by atoms with Crippen molar-refractivity contribution in [2.75, 3.05) is 67.6 Å². The van der Waals surface area contributed by atoms with Crippen molar-refractivity contribution >= 4 is 69.6 Å². The normalized spacial score (nSPS) is 14.4. The molecule has 0 radical (unpaired) electrons. The van der Waals surface area contributed by atoms with Gasteiger partial charge in [0.15, 0.2) is 6.54 Å². The van der Waals surface area contributed by atoms with Crippen LogP contribution in [0.1, 0.15) is 13.8 Å². The highest BCUT2D eigenvalue weighted by Gasteiger charge is 2.32. The number of hydrogen-bond donors (Lipinski definition) is 6. The Bertz CT molecular complexity index is 1300. The lowest BCUT2D eigenvalue weighted by Gasteiger charge is -2.41. The van der Waals surface area contributed by atoms with E-state index < -0.39 is 0 Å². The smallest absolute Gasteiger partial charge is 0.279 e. The maximum Gasteiger partial charge on any atom is 0.279 e. The fourth-order valence-corrected chi connectivity index (χ4v) is 4.55. The summed E-state index contributed by atoms with van der Waals surface area (Å²) >= 11 is 12.3. The lowest BCUT2D eigenvalue weighted by Crippen LogP contribution is -3.00. The van der Waals surface area contributed by atoms with Gasteiger partial charge in [-0.1, -0.05) is 23.2 Å². The molecule has 2 aromatic carbocycles. The molecule has 0 unspecified atom stereocenters. The Balaban J connectivity index is 0.00000560. The van der Waals surface area contributed by atoms with Crippen LogP contribution in [0.5, 0.6) is 11.5 Å². The summed E-state index contributed by atoms with van der Waals surface area (Å²) in [5.74, 6) is -1.83. The number of rotatable bonds is 8. The molecule has 1 saturated heterocycles. The lowest BCUT2D eigenvalue weighted by molar-refractivity contribution is -0.905. The number of anilines is 4. The molecule has 15 heteroatoms. The van der Waals surface area contributed by atoms with Crippen LogP contribution >= 0.6 is 23.2 Å². The number of quaternary nitrogens is 1. The minimum atomic E-state index is -0.349. The molecule has 3 rings (SSSR count). The van der Waals surface area contributed by atoms with Crippen LogP contribution in [0.25, 0.3) is 0 Å². The predicted molar refractivity (Wildman–Crippen MR) is 149 cm³/mol. The molecule has 218 valence electrons. The van der Waals surface area contributed by atoms with Crippen LogP contribution in [-0.4, -0.2) is 89.5 Å². The third-order valence-electron chi connectivity index (χ3n) is 6.14. The van der Waals surface area contributed by atoms with E-state index in [-0.39, 0.29) is 93.4 Å². The zero-order valence-corrected chi connectivity index (χ0v) is 24.4. The standard InChI is InChI=1S/C25H30Cl2N6O6.ClH/c1-14(34)28-18-10-22(36)20(8-16(18)26)30-24(38)12-32-4-6-33(3,7-5-32)13-25(39)31-21-9-17(27)19(11-23(21)37)29-15(2)35;/h8-11H,4-7,12-13H2,1-3H3,(H5-,28,29,30,31,34,35,36,37,38,39);1H. The van der Waals surface area contributed by atoms with Gasteiger partial charge in [0.25, 0.3) is 5.91 Å². The maximum atomic E-state index is 12.7. The fourth-order valence-electron chi connectivity index (χ4n) is 4.13. The van der Waals surface area contributed by atoms with E-state index >= 15 is 0 Å². The number of phenols is 2. The largest absolute Gasteiger partial charge is 1.00 e. The number of nitrogens with zero attached hydrogens (tertiary/aromatic N) is 2. The highest BCUT2D eigenvalue weighted by molar-refractivity contribution is 6.34. The predicted octanol–water partition coefficient (Wildman–Crippen LogP) is -0.335. The van der Waals surface area contributed by atoms with Crippen molar-refractivity contribution in [3.63, 3.8) is 0 Å². The molecular weight excluding hydrogens is 587 g/mol. The third-order valence-corrected chi connectivity index (χ3v) is 6.77. The van der Waals surface area contributed by atoms with Crippen molar-refractivity contribution in [1.82, 2.24) is 4.90 Å². The first-order valence-corrected chi connectivity index (χ1v) is 12.8. The second-order valence-electron chi connectivity index (χ2n) is 9.66. The van der Waals surface area contributed by atoms with Crippen molar-refractivity contribution in [1.29, 1.82) is 0 Å². The Labute approximate surface area is 247 Å². The minimum Gasteiger partial charge on any atom is -1.00 e. The molecule has 0 saturated carbocycles. The third kappa shape index (κ3) is 9.14. The molecule has 12 nitrogen and oxygen atoms in total. The van der Waals surface area contributed by atoms with Crippen molar-refractivity contribution in [2.24, 2.45) is 0 Å². The SMILES string of the molecule is CC(=O)Nc1cc(O)c(NC(=O)CN2CC[N+](C)(CC(=O)Nc3cc(Cl)c(NC(C)=O)cc3O)CC2)cc1Cl.[Cl-]. The van der Waals surface area contributed by atoms with Crippen LogP contribution in [0.3, 0.4) is 0 Å². The number of likely N-dealkylation sites (N-methyl/N-ethyl adjacent to an activating group) is 1. The summed E-state index contributed by atoms with van der Waals surface area (Å²) in [5, 5.41) is 31.1. The van der Waals surface area contributed by atoms with Crippen LogP contribution < -0.4 is 33.7 Å². The molecule has 0 atom stereocenters. The molecule has 1 aliphatic rings. The maximum absolute atomic E-state index is 12.7. The van der Waals surface area contributed by atoms with Gasteiger partial charge in [-0.25, -0.2) is 0 Å². The number of piperazine rings is 1. The van der Waals surface area contributed by atoms with Gasteiger partial charge in [-0.05, 0) is 12.1 Å². The summed E-state index contributed by atoms with van der Waals surface area (Å²) in [7, 11) is 1.93. The first kappa shape index (κ1) is 32.9. The number of phenolic OH excluding ortho intramolecular Hbond substituents is 2. The van der Waals surface area contributed by atoms with Crippen LogP contribution in [-0.2, 0) is 19.2 Å². The second kappa shape index (κ2) is 13.9. The van der Waals surface area contributed by atoms with E-state index in [0.29, 0.717) is 30.7 Å². The Morgan fingerprint density at radius 2 is 1.20 bits per heavy atom. The van der Waals surface area contributed by atoms with E-state index in [1.807, 2.05) is 11.9 Å². The molecule has 4 amide bonds. The highest BCUT2D eigenvalue weighted by atomic mass is 35.5. The molecule has 2 aromatic rings. The summed E-state index contributed by atoms with van der Waals surface area (Å²) in [6.45, 7) is 5.13. The number of nitrogens with one attached hydrogen (secondary N) is 4. The van der Waals surface area contributed by atoms with Gasteiger partial charge >= 0.3 is 0 Å². The molecule has 0 spiro atoms. The first-order chi connectivity index (χ1) is 18.2. The Morgan fingerprint density at radius 1 is 0.775 bits per heavy atom. The summed E-state index contributed by atoms with van der Waals surface area (Å²) in [4.78, 5) is 49.7. The van der Waals surface area contributed by atoms with Crippen molar-refractivity contribution < 1.29 is 46.3 Å². The van der Waals surface area contributed by atoms with E-state index in [1.54, 1.807) is 0 Å². The number of benzene rings is 2. The lowest BCUT2D eigenvalue weighted by atomic mass is 10.2. The monoisotopic (exact) mass is 616 g/mol. The van der Waals surface area contributed by atoms with E-state index in [1.165, 1.54) is 38.1 Å². The van der Waals surface area contributed by atoms with Gasteiger partial charge in [0.2, 0.25) is 17.7 Å². The molecule has 1 fully saturated rings. The Kier molecular flexibility index (Phi) is 11.4. The average Bonchev–Trinajstić information content (AvgIpc) is 2.81. The summed E-state index contributed by atoms with van der Waals surface area (Å²) in [6.07, 6.45) is 0. The summed E-state index contributed by atoms with van der Waals surface area (Å²) < 4.78 is 0.420. The summed E-state index contributed by atoms with van der Waals surface area (Å²) in [6, 6.07) is 5.26. The highest BCUT2D eigenvalue weighted by Crippen LogP contribution is 2.35. The van der Waals surface area contributed by atoms with Gasteiger partial charge in [0.05, 0.1) is 59.5 Å². The van der Waals surface area contributed by atoms with Gasteiger partial charge in [-0.2, -0.15) is 0 Å².